The highest BCUT2D eigenvalue weighted by molar-refractivity contribution is 9.10. The molecule has 0 amide bonds. The number of carbonyl (C=O) groups is 1. The quantitative estimate of drug-likeness (QED) is 0.803. The zero-order valence-electron chi connectivity index (χ0n) is 8.87. The molecule has 2 nitrogen and oxygen atoms in total. The van der Waals surface area contributed by atoms with Gasteiger partial charge in [-0.2, -0.15) is 0 Å². The van der Waals surface area contributed by atoms with E-state index in [-0.39, 0.29) is 11.5 Å². The zero-order chi connectivity index (χ0) is 12.4. The van der Waals surface area contributed by atoms with Gasteiger partial charge in [0.05, 0.1) is 12.0 Å². The lowest BCUT2D eigenvalue weighted by atomic mass is 10.1. The fraction of sp³-hybridized carbons (Fsp3) is 0.0833. The average Bonchev–Trinajstić information content (AvgIpc) is 2.74. The van der Waals surface area contributed by atoms with Gasteiger partial charge in [0.2, 0.25) is 5.78 Å². The Kier molecular flexibility index (Phi) is 3.59. The molecule has 0 atom stereocenters. The van der Waals surface area contributed by atoms with Crippen molar-refractivity contribution in [3.05, 3.63) is 50.4 Å². The molecule has 5 heteroatoms. The number of thiophene rings is 1. The van der Waals surface area contributed by atoms with Crippen molar-refractivity contribution >= 4 is 33.0 Å². The van der Waals surface area contributed by atoms with E-state index in [4.69, 9.17) is 4.74 Å². The van der Waals surface area contributed by atoms with E-state index in [0.29, 0.717) is 10.4 Å². The van der Waals surface area contributed by atoms with Crippen molar-refractivity contribution in [1.82, 2.24) is 0 Å². The van der Waals surface area contributed by atoms with Gasteiger partial charge in [0, 0.05) is 10.0 Å². The van der Waals surface area contributed by atoms with E-state index in [1.165, 1.54) is 30.6 Å². The van der Waals surface area contributed by atoms with Gasteiger partial charge >= 0.3 is 0 Å². The molecule has 2 aromatic rings. The van der Waals surface area contributed by atoms with Crippen LogP contribution in [-0.4, -0.2) is 12.9 Å². The third-order valence-electron chi connectivity index (χ3n) is 2.24. The van der Waals surface area contributed by atoms with E-state index < -0.39 is 5.82 Å². The molecule has 1 aromatic heterocycles. The van der Waals surface area contributed by atoms with E-state index >= 15 is 0 Å². The first-order chi connectivity index (χ1) is 8.13. The summed E-state index contributed by atoms with van der Waals surface area (Å²) in [5, 5.41) is 1.80. The summed E-state index contributed by atoms with van der Waals surface area (Å²) in [6, 6.07) is 5.98. The summed E-state index contributed by atoms with van der Waals surface area (Å²) in [7, 11) is 1.38. The molecule has 1 aromatic carbocycles. The van der Waals surface area contributed by atoms with E-state index in [2.05, 4.69) is 15.9 Å². The second-order valence-corrected chi connectivity index (χ2v) is 5.05. The Morgan fingerprint density at radius 3 is 2.71 bits per heavy atom. The van der Waals surface area contributed by atoms with Gasteiger partial charge in [-0.3, -0.25) is 4.79 Å². The van der Waals surface area contributed by atoms with Crippen LogP contribution in [0.2, 0.25) is 0 Å². The van der Waals surface area contributed by atoms with Gasteiger partial charge < -0.3 is 4.74 Å². The Balaban J connectivity index is 2.39. The number of halogens is 2. The molecule has 0 bridgehead atoms. The molecular weight excluding hydrogens is 307 g/mol. The first kappa shape index (κ1) is 12.3. The summed E-state index contributed by atoms with van der Waals surface area (Å²) in [5.74, 6) is -0.605. The average molecular weight is 315 g/mol. The number of carbonyl (C=O) groups excluding carboxylic acids is 1. The van der Waals surface area contributed by atoms with Crippen LogP contribution in [0.25, 0.3) is 0 Å². The van der Waals surface area contributed by atoms with Gasteiger partial charge in [0.25, 0.3) is 0 Å². The minimum absolute atomic E-state index is 0.131. The summed E-state index contributed by atoms with van der Waals surface area (Å²) in [6.07, 6.45) is 0. The van der Waals surface area contributed by atoms with E-state index in [1.54, 1.807) is 17.5 Å². The maximum absolute atomic E-state index is 13.5. The van der Waals surface area contributed by atoms with Crippen molar-refractivity contribution in [2.75, 3.05) is 7.11 Å². The molecule has 0 saturated carbocycles. The first-order valence-corrected chi connectivity index (χ1v) is 6.42. The van der Waals surface area contributed by atoms with Crippen LogP contribution in [0.3, 0.4) is 0 Å². The van der Waals surface area contributed by atoms with Crippen molar-refractivity contribution < 1.29 is 13.9 Å². The molecule has 0 aliphatic carbocycles. The molecular formula is C12H8BrFO2S. The highest BCUT2D eigenvalue weighted by Gasteiger charge is 2.15. The predicted octanol–water partition coefficient (Wildman–Crippen LogP) is 3.89. The monoisotopic (exact) mass is 314 g/mol. The van der Waals surface area contributed by atoms with Crippen molar-refractivity contribution in [2.24, 2.45) is 0 Å². The second-order valence-electron chi connectivity index (χ2n) is 3.28. The largest absolute Gasteiger partial charge is 0.494 e. The van der Waals surface area contributed by atoms with Crippen LogP contribution < -0.4 is 4.74 Å². The molecule has 0 aliphatic rings. The molecule has 2 rings (SSSR count). The van der Waals surface area contributed by atoms with E-state index in [0.717, 1.165) is 4.47 Å². The third kappa shape index (κ3) is 2.40. The van der Waals surface area contributed by atoms with Crippen molar-refractivity contribution in [3.8, 4) is 5.75 Å². The van der Waals surface area contributed by atoms with Crippen LogP contribution in [0, 0.1) is 5.82 Å². The van der Waals surface area contributed by atoms with Crippen LogP contribution in [0.15, 0.2) is 34.1 Å². The molecule has 0 saturated heterocycles. The summed E-state index contributed by atoms with van der Waals surface area (Å²) in [6.45, 7) is 0. The third-order valence-corrected chi connectivity index (χ3v) is 4.07. The standard InChI is InChI=1S/C12H8BrFO2S/c1-16-10-3-2-7(6-9(10)14)11(15)12-8(13)4-5-17-12/h2-6H,1H3. The second kappa shape index (κ2) is 4.98. The number of rotatable bonds is 3. The van der Waals surface area contributed by atoms with Gasteiger partial charge in [-0.25, -0.2) is 4.39 Å². The fourth-order valence-corrected chi connectivity index (χ4v) is 2.91. The molecule has 1 heterocycles. The Hall–Kier alpha value is -1.20. The molecule has 88 valence electrons. The molecule has 0 radical (unpaired) electrons. The number of ether oxygens (including phenoxy) is 1. The SMILES string of the molecule is COc1ccc(C(=O)c2sccc2Br)cc1F. The van der Waals surface area contributed by atoms with E-state index in [1.807, 2.05) is 0 Å². The van der Waals surface area contributed by atoms with E-state index in [9.17, 15) is 9.18 Å². The van der Waals surface area contributed by atoms with Gasteiger partial charge in [0.1, 0.15) is 0 Å². The highest BCUT2D eigenvalue weighted by Crippen LogP contribution is 2.27. The number of hydrogen-bond acceptors (Lipinski definition) is 3. The Morgan fingerprint density at radius 1 is 1.41 bits per heavy atom. The predicted molar refractivity (Wildman–Crippen MR) is 68.4 cm³/mol. The van der Waals surface area contributed by atoms with Crippen LogP contribution >= 0.6 is 27.3 Å². The maximum atomic E-state index is 13.5. The Bertz CT molecular complexity index is 565. The lowest BCUT2D eigenvalue weighted by Gasteiger charge is -2.04. The van der Waals surface area contributed by atoms with Gasteiger partial charge in [0.15, 0.2) is 11.6 Å². The molecule has 0 aliphatic heterocycles. The van der Waals surface area contributed by atoms with Crippen LogP contribution in [0.4, 0.5) is 4.39 Å². The summed E-state index contributed by atoms with van der Waals surface area (Å²) >= 11 is 4.60. The fourth-order valence-electron chi connectivity index (χ4n) is 1.39. The molecule has 0 spiro atoms. The maximum Gasteiger partial charge on any atom is 0.204 e. The molecule has 0 fully saturated rings. The minimum atomic E-state index is -0.536. The highest BCUT2D eigenvalue weighted by atomic mass is 79.9. The first-order valence-electron chi connectivity index (χ1n) is 4.74. The van der Waals surface area contributed by atoms with Crippen LogP contribution in [0.1, 0.15) is 15.2 Å². The molecule has 17 heavy (non-hydrogen) atoms. The lowest BCUT2D eigenvalue weighted by molar-refractivity contribution is 0.104. The number of ketones is 1. The summed E-state index contributed by atoms with van der Waals surface area (Å²) in [5.41, 5.74) is 0.312. The topological polar surface area (TPSA) is 26.3 Å². The zero-order valence-corrected chi connectivity index (χ0v) is 11.3. The summed E-state index contributed by atoms with van der Waals surface area (Å²) < 4.78 is 19.0. The number of hydrogen-bond donors (Lipinski definition) is 0. The van der Waals surface area contributed by atoms with Crippen molar-refractivity contribution in [2.45, 2.75) is 0 Å². The molecule has 0 unspecified atom stereocenters. The van der Waals surface area contributed by atoms with Gasteiger partial charge in [-0.05, 0) is 45.6 Å². The van der Waals surface area contributed by atoms with Gasteiger partial charge in [-0.1, -0.05) is 0 Å². The van der Waals surface area contributed by atoms with Crippen molar-refractivity contribution in [3.63, 3.8) is 0 Å². The summed E-state index contributed by atoms with van der Waals surface area (Å²) in [4.78, 5) is 12.6. The lowest BCUT2D eigenvalue weighted by Crippen LogP contribution is -2.00. The molecule has 0 N–H and O–H groups in total. The van der Waals surface area contributed by atoms with Gasteiger partial charge in [-0.15, -0.1) is 11.3 Å². The minimum Gasteiger partial charge on any atom is -0.494 e. The smallest absolute Gasteiger partial charge is 0.204 e. The normalized spacial score (nSPS) is 10.3. The van der Waals surface area contributed by atoms with Crippen LogP contribution in [0.5, 0.6) is 5.75 Å². The Morgan fingerprint density at radius 2 is 2.18 bits per heavy atom. The van der Waals surface area contributed by atoms with Crippen molar-refractivity contribution in [1.29, 1.82) is 0 Å². The Labute approximate surface area is 110 Å². The number of benzene rings is 1. The van der Waals surface area contributed by atoms with Crippen LogP contribution in [-0.2, 0) is 0 Å². The number of methoxy groups -OCH3 is 1.